The molecule has 1 aliphatic heterocycles. The molecule has 1 heterocycles. The van der Waals surface area contributed by atoms with Crippen molar-refractivity contribution in [3.8, 4) is 5.75 Å². The van der Waals surface area contributed by atoms with Gasteiger partial charge in [0, 0.05) is 17.7 Å². The number of anilines is 2. The van der Waals surface area contributed by atoms with E-state index in [2.05, 4.69) is 10.6 Å². The lowest BCUT2D eigenvalue weighted by Crippen LogP contribution is -2.13. The molecular formula is C18H16N2O5. The molecule has 0 fully saturated rings. The van der Waals surface area contributed by atoms with E-state index >= 15 is 0 Å². The molecule has 1 aliphatic rings. The maximum absolute atomic E-state index is 12.4. The van der Waals surface area contributed by atoms with Crippen LogP contribution < -0.4 is 10.6 Å². The van der Waals surface area contributed by atoms with Crippen molar-refractivity contribution in [3.63, 3.8) is 0 Å². The third kappa shape index (κ3) is 3.60. The first-order valence-electron chi connectivity index (χ1n) is 7.74. The number of fused-ring (bicyclic) bond motifs is 1. The molecule has 4 N–H and O–H groups in total. The van der Waals surface area contributed by atoms with Gasteiger partial charge in [-0.15, -0.1) is 0 Å². The van der Waals surface area contributed by atoms with Crippen LogP contribution >= 0.6 is 0 Å². The van der Waals surface area contributed by atoms with Crippen LogP contribution in [0.5, 0.6) is 5.75 Å². The smallest absolute Gasteiger partial charge is 0.335 e. The zero-order valence-electron chi connectivity index (χ0n) is 13.2. The molecule has 0 atom stereocenters. The summed E-state index contributed by atoms with van der Waals surface area (Å²) < 4.78 is 0. The highest BCUT2D eigenvalue weighted by molar-refractivity contribution is 6.06. The zero-order chi connectivity index (χ0) is 18.0. The molecule has 0 aromatic heterocycles. The summed E-state index contributed by atoms with van der Waals surface area (Å²) in [6.07, 6.45) is 1.84. The molecule has 3 rings (SSSR count). The van der Waals surface area contributed by atoms with Crippen LogP contribution in [0, 0.1) is 0 Å². The van der Waals surface area contributed by atoms with Gasteiger partial charge < -0.3 is 20.8 Å². The second-order valence-corrected chi connectivity index (χ2v) is 5.76. The second kappa shape index (κ2) is 6.64. The van der Waals surface area contributed by atoms with Crippen molar-refractivity contribution in [3.05, 3.63) is 53.1 Å². The lowest BCUT2D eigenvalue weighted by atomic mass is 10.0. The number of aromatic hydroxyl groups is 1. The van der Waals surface area contributed by atoms with Gasteiger partial charge in [-0.05, 0) is 54.8 Å². The van der Waals surface area contributed by atoms with Gasteiger partial charge in [0.1, 0.15) is 5.75 Å². The molecule has 0 bridgehead atoms. The molecule has 7 nitrogen and oxygen atoms in total. The van der Waals surface area contributed by atoms with Gasteiger partial charge >= 0.3 is 5.97 Å². The number of amides is 2. The molecule has 7 heteroatoms. The summed E-state index contributed by atoms with van der Waals surface area (Å²) >= 11 is 0. The maximum Gasteiger partial charge on any atom is 0.335 e. The Bertz CT molecular complexity index is 876. The molecular weight excluding hydrogens is 324 g/mol. The van der Waals surface area contributed by atoms with Crippen LogP contribution in [0.15, 0.2) is 36.4 Å². The van der Waals surface area contributed by atoms with Gasteiger partial charge in [-0.3, -0.25) is 9.59 Å². The second-order valence-electron chi connectivity index (χ2n) is 5.76. The first-order valence-corrected chi connectivity index (χ1v) is 7.74. The standard InChI is InChI=1S/C18H16N2O5/c21-15-9-12(18(24)25)5-7-14(15)20-17(23)11-4-6-13-10(8-11)2-1-3-16(22)19-13/h4-9,21H,1-3H2,(H,19,22)(H,20,23)(H,24,25). The number of phenolic OH excluding ortho intramolecular Hbond substituents is 1. The maximum atomic E-state index is 12.4. The van der Waals surface area contributed by atoms with Gasteiger partial charge in [-0.1, -0.05) is 0 Å². The molecule has 128 valence electrons. The van der Waals surface area contributed by atoms with E-state index in [0.29, 0.717) is 30.5 Å². The highest BCUT2D eigenvalue weighted by Crippen LogP contribution is 2.27. The van der Waals surface area contributed by atoms with Crippen molar-refractivity contribution in [2.45, 2.75) is 19.3 Å². The van der Waals surface area contributed by atoms with Gasteiger partial charge in [0.15, 0.2) is 0 Å². The summed E-state index contributed by atoms with van der Waals surface area (Å²) in [5.74, 6) is -1.97. The largest absolute Gasteiger partial charge is 0.506 e. The molecule has 2 amide bonds. The fraction of sp³-hybridized carbons (Fsp3) is 0.167. The first-order chi connectivity index (χ1) is 11.9. The number of nitrogens with one attached hydrogen (secondary N) is 2. The number of rotatable bonds is 3. The summed E-state index contributed by atoms with van der Waals surface area (Å²) in [6.45, 7) is 0. The van der Waals surface area contributed by atoms with Crippen LogP contribution in [0.4, 0.5) is 11.4 Å². The minimum absolute atomic E-state index is 0.0422. The fourth-order valence-electron chi connectivity index (χ4n) is 2.68. The number of aromatic carboxylic acids is 1. The zero-order valence-corrected chi connectivity index (χ0v) is 13.2. The Balaban J connectivity index is 1.81. The van der Waals surface area contributed by atoms with E-state index in [0.717, 1.165) is 11.6 Å². The van der Waals surface area contributed by atoms with E-state index in [4.69, 9.17) is 5.11 Å². The predicted octanol–water partition coefficient (Wildman–Crippen LogP) is 2.62. The van der Waals surface area contributed by atoms with Crippen LogP contribution in [0.1, 0.15) is 39.1 Å². The SMILES string of the molecule is O=C1CCCc2cc(C(=O)Nc3ccc(C(=O)O)cc3O)ccc2N1. The number of hydrogen-bond donors (Lipinski definition) is 4. The first kappa shape index (κ1) is 16.5. The third-order valence-electron chi connectivity index (χ3n) is 3.98. The number of phenols is 1. The monoisotopic (exact) mass is 340 g/mol. The molecule has 0 saturated heterocycles. The average Bonchev–Trinajstić information content (AvgIpc) is 2.76. The minimum Gasteiger partial charge on any atom is -0.506 e. The summed E-state index contributed by atoms with van der Waals surface area (Å²) in [7, 11) is 0. The molecule has 0 unspecified atom stereocenters. The summed E-state index contributed by atoms with van der Waals surface area (Å²) in [4.78, 5) is 34.8. The Labute approximate surface area is 143 Å². The van der Waals surface area contributed by atoms with Crippen LogP contribution in [0.2, 0.25) is 0 Å². The highest BCUT2D eigenvalue weighted by Gasteiger charge is 2.16. The van der Waals surface area contributed by atoms with E-state index in [9.17, 15) is 19.5 Å². The average molecular weight is 340 g/mol. The van der Waals surface area contributed by atoms with Crippen LogP contribution in [-0.2, 0) is 11.2 Å². The third-order valence-corrected chi connectivity index (χ3v) is 3.98. The van der Waals surface area contributed by atoms with Gasteiger partial charge in [0.25, 0.3) is 5.91 Å². The highest BCUT2D eigenvalue weighted by atomic mass is 16.4. The van der Waals surface area contributed by atoms with Crippen molar-refractivity contribution in [2.24, 2.45) is 0 Å². The Hall–Kier alpha value is -3.35. The Morgan fingerprint density at radius 2 is 1.80 bits per heavy atom. The van der Waals surface area contributed by atoms with E-state index < -0.39 is 11.9 Å². The van der Waals surface area contributed by atoms with Crippen LogP contribution in [-0.4, -0.2) is 28.0 Å². The van der Waals surface area contributed by atoms with Gasteiger partial charge in [-0.25, -0.2) is 4.79 Å². The van der Waals surface area contributed by atoms with Gasteiger partial charge in [-0.2, -0.15) is 0 Å². The quantitative estimate of drug-likeness (QED) is 0.641. The number of carboxylic acids is 1. The van der Waals surface area contributed by atoms with Gasteiger partial charge in [0.2, 0.25) is 5.91 Å². The van der Waals surface area contributed by atoms with Crippen molar-refractivity contribution in [1.82, 2.24) is 0 Å². The molecule has 0 radical (unpaired) electrons. The lowest BCUT2D eigenvalue weighted by Gasteiger charge is -2.11. The number of hydrogen-bond acceptors (Lipinski definition) is 4. The van der Waals surface area contributed by atoms with Crippen molar-refractivity contribution in [1.29, 1.82) is 0 Å². The molecule has 25 heavy (non-hydrogen) atoms. The normalized spacial score (nSPS) is 13.4. The molecule has 0 saturated carbocycles. The van der Waals surface area contributed by atoms with Crippen molar-refractivity contribution >= 4 is 29.2 Å². The molecule has 0 spiro atoms. The number of benzene rings is 2. The number of carbonyl (C=O) groups is 3. The van der Waals surface area contributed by atoms with E-state index in [-0.39, 0.29) is 22.9 Å². The molecule has 2 aromatic carbocycles. The number of carbonyl (C=O) groups excluding carboxylic acids is 2. The molecule has 2 aromatic rings. The fourth-order valence-corrected chi connectivity index (χ4v) is 2.68. The Kier molecular flexibility index (Phi) is 4.38. The number of carboxylic acid groups (broad SMARTS) is 1. The van der Waals surface area contributed by atoms with E-state index in [1.165, 1.54) is 12.1 Å². The van der Waals surface area contributed by atoms with E-state index in [1.807, 2.05) is 0 Å². The number of aryl methyl sites for hydroxylation is 1. The van der Waals surface area contributed by atoms with Crippen LogP contribution in [0.25, 0.3) is 0 Å². The van der Waals surface area contributed by atoms with E-state index in [1.54, 1.807) is 18.2 Å². The van der Waals surface area contributed by atoms with Crippen molar-refractivity contribution < 1.29 is 24.6 Å². The van der Waals surface area contributed by atoms with Crippen molar-refractivity contribution in [2.75, 3.05) is 10.6 Å². The van der Waals surface area contributed by atoms with Crippen LogP contribution in [0.3, 0.4) is 0 Å². The summed E-state index contributed by atoms with van der Waals surface area (Å²) in [6, 6.07) is 8.68. The lowest BCUT2D eigenvalue weighted by molar-refractivity contribution is -0.116. The Morgan fingerprint density at radius 1 is 1.04 bits per heavy atom. The topological polar surface area (TPSA) is 116 Å². The van der Waals surface area contributed by atoms with Gasteiger partial charge in [0.05, 0.1) is 11.3 Å². The molecule has 0 aliphatic carbocycles. The summed E-state index contributed by atoms with van der Waals surface area (Å²) in [5.41, 5.74) is 2.02. The minimum atomic E-state index is -1.17. The predicted molar refractivity (Wildman–Crippen MR) is 91.0 cm³/mol. The Morgan fingerprint density at radius 3 is 2.52 bits per heavy atom. The summed E-state index contributed by atoms with van der Waals surface area (Å²) in [5, 5.41) is 24.1.